The summed E-state index contributed by atoms with van der Waals surface area (Å²) >= 11 is 0. The van der Waals surface area contributed by atoms with E-state index in [1.807, 2.05) is 0 Å². The van der Waals surface area contributed by atoms with Crippen molar-refractivity contribution in [1.29, 1.82) is 0 Å². The van der Waals surface area contributed by atoms with Crippen molar-refractivity contribution in [3.8, 4) is 11.3 Å². The predicted octanol–water partition coefficient (Wildman–Crippen LogP) is 5.59. The summed E-state index contributed by atoms with van der Waals surface area (Å²) in [5, 5.41) is 0.560. The molecule has 114 valence electrons. The molecule has 0 saturated carbocycles. The molecule has 1 nitrogen and oxygen atoms in total. The van der Waals surface area contributed by atoms with Gasteiger partial charge in [-0.25, -0.2) is 13.2 Å². The van der Waals surface area contributed by atoms with Crippen LogP contribution >= 0.6 is 0 Å². The quantitative estimate of drug-likeness (QED) is 0.646. The number of aromatic nitrogens is 1. The summed E-state index contributed by atoms with van der Waals surface area (Å²) in [6.45, 7) is 2.06. The van der Waals surface area contributed by atoms with Crippen molar-refractivity contribution >= 4 is 10.9 Å². The van der Waals surface area contributed by atoms with Crippen LogP contribution in [0.2, 0.25) is 0 Å². The monoisotopic (exact) mass is 303 g/mol. The first-order valence-electron chi connectivity index (χ1n) is 7.35. The van der Waals surface area contributed by atoms with Crippen LogP contribution in [0.1, 0.15) is 25.3 Å². The first-order chi connectivity index (χ1) is 10.6. The molecule has 0 spiro atoms. The molecule has 22 heavy (non-hydrogen) atoms. The number of hydrogen-bond acceptors (Lipinski definition) is 0. The van der Waals surface area contributed by atoms with Crippen LogP contribution in [0.5, 0.6) is 0 Å². The van der Waals surface area contributed by atoms with Crippen LogP contribution in [0.3, 0.4) is 0 Å². The van der Waals surface area contributed by atoms with Gasteiger partial charge in [-0.2, -0.15) is 0 Å². The Morgan fingerprint density at radius 3 is 2.36 bits per heavy atom. The summed E-state index contributed by atoms with van der Waals surface area (Å²) in [6.07, 6.45) is 2.61. The number of fused-ring (bicyclic) bond motifs is 1. The molecule has 0 aliphatic heterocycles. The van der Waals surface area contributed by atoms with E-state index in [1.54, 1.807) is 12.1 Å². The van der Waals surface area contributed by atoms with Gasteiger partial charge in [0.05, 0.1) is 5.52 Å². The van der Waals surface area contributed by atoms with Crippen LogP contribution in [0.25, 0.3) is 22.2 Å². The smallest absolute Gasteiger partial charge is 0.150 e. The maximum atomic E-state index is 14.0. The fraction of sp³-hybridized carbons (Fsp3) is 0.222. The van der Waals surface area contributed by atoms with E-state index in [0.29, 0.717) is 17.3 Å². The Hall–Kier alpha value is -2.23. The van der Waals surface area contributed by atoms with Crippen molar-refractivity contribution < 1.29 is 13.2 Å². The second kappa shape index (κ2) is 5.87. The molecule has 0 fully saturated rings. The Morgan fingerprint density at radius 2 is 1.68 bits per heavy atom. The van der Waals surface area contributed by atoms with Gasteiger partial charge in [-0.05, 0) is 54.3 Å². The van der Waals surface area contributed by atoms with E-state index in [-0.39, 0.29) is 5.82 Å². The summed E-state index contributed by atoms with van der Waals surface area (Å²) < 4.78 is 40.7. The van der Waals surface area contributed by atoms with E-state index in [0.717, 1.165) is 35.7 Å². The van der Waals surface area contributed by atoms with Crippen LogP contribution in [0, 0.1) is 17.5 Å². The van der Waals surface area contributed by atoms with Crippen molar-refractivity contribution in [3.63, 3.8) is 0 Å². The molecule has 0 saturated heterocycles. The Bertz CT molecular complexity index is 803. The third kappa shape index (κ3) is 2.61. The molecular formula is C18H16F3N. The van der Waals surface area contributed by atoms with Crippen molar-refractivity contribution in [2.75, 3.05) is 0 Å². The van der Waals surface area contributed by atoms with E-state index in [9.17, 15) is 13.2 Å². The molecule has 1 aromatic heterocycles. The maximum absolute atomic E-state index is 14.0. The molecule has 3 rings (SSSR count). The standard InChI is InChI=1S/C18H16F3N/c1-2-3-4-14-15-9-13(20)10-16(21)18(15)22-17(14)11-5-7-12(19)8-6-11/h5-10,22H,2-4H2,1H3. The molecule has 0 aliphatic rings. The molecule has 0 bridgehead atoms. The SMILES string of the molecule is CCCCc1c(-c2ccc(F)cc2)[nH]c2c(F)cc(F)cc12. The van der Waals surface area contributed by atoms with Gasteiger partial charge in [0.15, 0.2) is 0 Å². The zero-order valence-corrected chi connectivity index (χ0v) is 12.2. The minimum atomic E-state index is -0.610. The maximum Gasteiger partial charge on any atom is 0.150 e. The first kappa shape index (κ1) is 14.7. The molecule has 1 N–H and O–H groups in total. The van der Waals surface area contributed by atoms with Gasteiger partial charge in [-0.1, -0.05) is 13.3 Å². The third-order valence-electron chi connectivity index (χ3n) is 3.85. The Labute approximate surface area is 126 Å². The fourth-order valence-electron chi connectivity index (χ4n) is 2.75. The van der Waals surface area contributed by atoms with Gasteiger partial charge in [0.25, 0.3) is 0 Å². The predicted molar refractivity (Wildman–Crippen MR) is 82.2 cm³/mol. The number of hydrogen-bond donors (Lipinski definition) is 1. The van der Waals surface area contributed by atoms with Crippen LogP contribution in [0.4, 0.5) is 13.2 Å². The normalized spacial score (nSPS) is 11.3. The summed E-state index contributed by atoms with van der Waals surface area (Å²) in [4.78, 5) is 3.04. The van der Waals surface area contributed by atoms with Crippen LogP contribution in [-0.2, 0) is 6.42 Å². The van der Waals surface area contributed by atoms with E-state index in [2.05, 4.69) is 11.9 Å². The molecule has 3 aromatic rings. The van der Waals surface area contributed by atoms with Gasteiger partial charge in [-0.15, -0.1) is 0 Å². The van der Waals surface area contributed by atoms with Crippen molar-refractivity contribution in [2.45, 2.75) is 26.2 Å². The van der Waals surface area contributed by atoms with E-state index in [1.165, 1.54) is 18.2 Å². The molecule has 0 amide bonds. The molecular weight excluding hydrogens is 287 g/mol. The lowest BCUT2D eigenvalue weighted by Gasteiger charge is -2.05. The fourth-order valence-corrected chi connectivity index (χ4v) is 2.75. The number of aromatic amines is 1. The van der Waals surface area contributed by atoms with Gasteiger partial charge in [0.1, 0.15) is 17.5 Å². The number of aryl methyl sites for hydroxylation is 1. The van der Waals surface area contributed by atoms with E-state index < -0.39 is 11.6 Å². The van der Waals surface area contributed by atoms with Crippen molar-refractivity contribution in [2.24, 2.45) is 0 Å². The van der Waals surface area contributed by atoms with Gasteiger partial charge in [0, 0.05) is 17.1 Å². The van der Waals surface area contributed by atoms with E-state index >= 15 is 0 Å². The van der Waals surface area contributed by atoms with Crippen molar-refractivity contribution in [3.05, 3.63) is 59.4 Å². The molecule has 0 radical (unpaired) electrons. The second-order valence-corrected chi connectivity index (χ2v) is 5.40. The summed E-state index contributed by atoms with van der Waals surface area (Å²) in [5.74, 6) is -1.53. The van der Waals surface area contributed by atoms with Gasteiger partial charge in [-0.3, -0.25) is 0 Å². The summed E-state index contributed by atoms with van der Waals surface area (Å²) in [6, 6.07) is 8.24. The highest BCUT2D eigenvalue weighted by atomic mass is 19.1. The summed E-state index contributed by atoms with van der Waals surface area (Å²) in [5.41, 5.74) is 2.67. The lowest BCUT2D eigenvalue weighted by atomic mass is 10.0. The van der Waals surface area contributed by atoms with Crippen LogP contribution in [-0.4, -0.2) is 4.98 Å². The average molecular weight is 303 g/mol. The van der Waals surface area contributed by atoms with Gasteiger partial charge >= 0.3 is 0 Å². The van der Waals surface area contributed by atoms with Crippen LogP contribution < -0.4 is 0 Å². The number of unbranched alkanes of at least 4 members (excludes halogenated alkanes) is 1. The zero-order valence-electron chi connectivity index (χ0n) is 12.2. The lowest BCUT2D eigenvalue weighted by Crippen LogP contribution is -1.89. The molecule has 2 aromatic carbocycles. The van der Waals surface area contributed by atoms with Crippen LogP contribution in [0.15, 0.2) is 36.4 Å². The number of rotatable bonds is 4. The number of halogens is 3. The van der Waals surface area contributed by atoms with Gasteiger partial charge in [0.2, 0.25) is 0 Å². The summed E-state index contributed by atoms with van der Waals surface area (Å²) in [7, 11) is 0. The topological polar surface area (TPSA) is 15.8 Å². The first-order valence-corrected chi connectivity index (χ1v) is 7.35. The minimum Gasteiger partial charge on any atom is -0.352 e. The molecule has 0 unspecified atom stereocenters. The lowest BCUT2D eigenvalue weighted by molar-refractivity contribution is 0.591. The number of H-pyrrole nitrogens is 1. The third-order valence-corrected chi connectivity index (χ3v) is 3.85. The molecule has 0 atom stereocenters. The average Bonchev–Trinajstić information content (AvgIpc) is 2.85. The molecule has 0 aliphatic carbocycles. The second-order valence-electron chi connectivity index (χ2n) is 5.40. The largest absolute Gasteiger partial charge is 0.352 e. The van der Waals surface area contributed by atoms with E-state index in [4.69, 9.17) is 0 Å². The Balaban J connectivity index is 2.23. The van der Waals surface area contributed by atoms with Gasteiger partial charge < -0.3 is 4.98 Å². The molecule has 1 heterocycles. The number of benzene rings is 2. The minimum absolute atomic E-state index is 0.298. The molecule has 4 heteroatoms. The highest BCUT2D eigenvalue weighted by molar-refractivity contribution is 5.91. The highest BCUT2D eigenvalue weighted by Crippen LogP contribution is 2.33. The van der Waals surface area contributed by atoms with Crippen molar-refractivity contribution in [1.82, 2.24) is 4.98 Å². The Kier molecular flexibility index (Phi) is 3.92. The highest BCUT2D eigenvalue weighted by Gasteiger charge is 2.16. The Morgan fingerprint density at radius 1 is 0.955 bits per heavy atom. The zero-order chi connectivity index (χ0) is 15.7. The number of nitrogens with one attached hydrogen (secondary N) is 1.